The fraction of sp³-hybridized carbons (Fsp3) is 0.455. The monoisotopic (exact) mass is 293 g/mol. The summed E-state index contributed by atoms with van der Waals surface area (Å²) >= 11 is 3.11. The van der Waals surface area contributed by atoms with E-state index >= 15 is 0 Å². The summed E-state index contributed by atoms with van der Waals surface area (Å²) in [6.45, 7) is 4.84. The Balaban J connectivity index is 2.73. The molecule has 0 heterocycles. The van der Waals surface area contributed by atoms with Gasteiger partial charge in [-0.1, -0.05) is 0 Å². The van der Waals surface area contributed by atoms with Gasteiger partial charge in [-0.25, -0.2) is 8.78 Å². The summed E-state index contributed by atoms with van der Waals surface area (Å²) in [5.74, 6) is -1.22. The second-order valence-electron chi connectivity index (χ2n) is 3.45. The summed E-state index contributed by atoms with van der Waals surface area (Å²) in [7, 11) is 0. The fourth-order valence-electron chi connectivity index (χ4n) is 1.26. The molecule has 0 bridgehead atoms. The zero-order chi connectivity index (χ0) is 12.1. The van der Waals surface area contributed by atoms with Crippen molar-refractivity contribution in [1.82, 2.24) is 0 Å². The molecule has 0 amide bonds. The summed E-state index contributed by atoms with van der Waals surface area (Å²) in [5, 5.41) is 2.93. The van der Waals surface area contributed by atoms with Crippen molar-refractivity contribution < 1.29 is 13.5 Å². The molecule has 0 radical (unpaired) electrons. The van der Waals surface area contributed by atoms with E-state index in [2.05, 4.69) is 21.2 Å². The largest absolute Gasteiger partial charge is 0.380 e. The SMILES string of the molecule is CCOCC(C)Nc1c(F)cc(F)cc1Br. The molecule has 1 aromatic rings. The number of hydrogen-bond acceptors (Lipinski definition) is 2. The van der Waals surface area contributed by atoms with Crippen molar-refractivity contribution in [2.45, 2.75) is 19.9 Å². The van der Waals surface area contributed by atoms with Crippen molar-refractivity contribution in [3.8, 4) is 0 Å². The van der Waals surface area contributed by atoms with Crippen LogP contribution in [0.3, 0.4) is 0 Å². The summed E-state index contributed by atoms with van der Waals surface area (Å²) in [6.07, 6.45) is 0. The highest BCUT2D eigenvalue weighted by Crippen LogP contribution is 2.27. The van der Waals surface area contributed by atoms with Gasteiger partial charge in [0, 0.05) is 23.2 Å². The lowest BCUT2D eigenvalue weighted by Crippen LogP contribution is -2.22. The molecule has 0 fully saturated rings. The molecule has 0 aliphatic rings. The lowest BCUT2D eigenvalue weighted by molar-refractivity contribution is 0.141. The minimum absolute atomic E-state index is 0.0452. The molecule has 90 valence electrons. The van der Waals surface area contributed by atoms with Crippen molar-refractivity contribution in [2.75, 3.05) is 18.5 Å². The second kappa shape index (κ2) is 6.15. The van der Waals surface area contributed by atoms with Crippen molar-refractivity contribution in [2.24, 2.45) is 0 Å². The predicted octanol–water partition coefficient (Wildman–Crippen LogP) is 3.56. The van der Waals surface area contributed by atoms with Gasteiger partial charge in [-0.15, -0.1) is 0 Å². The number of ether oxygens (including phenoxy) is 1. The summed E-state index contributed by atoms with van der Waals surface area (Å²) in [4.78, 5) is 0. The van der Waals surface area contributed by atoms with Gasteiger partial charge < -0.3 is 10.1 Å². The van der Waals surface area contributed by atoms with Crippen LogP contribution in [0.5, 0.6) is 0 Å². The maximum atomic E-state index is 13.4. The number of benzene rings is 1. The van der Waals surface area contributed by atoms with E-state index < -0.39 is 11.6 Å². The number of halogens is 3. The summed E-state index contributed by atoms with van der Waals surface area (Å²) < 4.78 is 31.8. The zero-order valence-corrected chi connectivity index (χ0v) is 10.8. The highest BCUT2D eigenvalue weighted by Gasteiger charge is 2.11. The lowest BCUT2D eigenvalue weighted by atomic mass is 10.2. The van der Waals surface area contributed by atoms with Gasteiger partial charge in [0.25, 0.3) is 0 Å². The van der Waals surface area contributed by atoms with Crippen LogP contribution in [0.4, 0.5) is 14.5 Å². The standard InChI is InChI=1S/C11H14BrF2NO/c1-3-16-6-7(2)15-11-9(12)4-8(13)5-10(11)14/h4-5,7,15H,3,6H2,1-2H3. The van der Waals surface area contributed by atoms with Crippen molar-refractivity contribution in [1.29, 1.82) is 0 Å². The predicted molar refractivity (Wildman–Crippen MR) is 63.6 cm³/mol. The maximum absolute atomic E-state index is 13.4. The van der Waals surface area contributed by atoms with E-state index in [4.69, 9.17) is 4.74 Å². The van der Waals surface area contributed by atoms with Crippen LogP contribution in [0, 0.1) is 11.6 Å². The summed E-state index contributed by atoms with van der Waals surface area (Å²) in [5.41, 5.74) is 0.258. The molecule has 0 saturated carbocycles. The van der Waals surface area contributed by atoms with E-state index in [0.717, 1.165) is 6.07 Å². The average molecular weight is 294 g/mol. The molecule has 1 unspecified atom stereocenters. The lowest BCUT2D eigenvalue weighted by Gasteiger charge is -2.16. The van der Waals surface area contributed by atoms with Crippen LogP contribution >= 0.6 is 15.9 Å². The Labute approximate surface area is 102 Å². The van der Waals surface area contributed by atoms with Crippen LogP contribution in [0.25, 0.3) is 0 Å². The Bertz CT molecular complexity index is 337. The minimum Gasteiger partial charge on any atom is -0.380 e. The fourth-order valence-corrected chi connectivity index (χ4v) is 1.79. The average Bonchev–Trinajstić information content (AvgIpc) is 2.20. The summed E-state index contributed by atoms with van der Waals surface area (Å²) in [6, 6.07) is 2.02. The third-order valence-electron chi connectivity index (χ3n) is 1.97. The number of nitrogens with one attached hydrogen (secondary N) is 1. The van der Waals surface area contributed by atoms with E-state index in [1.54, 1.807) is 0 Å². The molecule has 5 heteroatoms. The van der Waals surface area contributed by atoms with Crippen LogP contribution < -0.4 is 5.32 Å². The van der Waals surface area contributed by atoms with Crippen LogP contribution in [0.1, 0.15) is 13.8 Å². The first-order chi connectivity index (χ1) is 7.54. The normalized spacial score (nSPS) is 12.6. The van der Waals surface area contributed by atoms with Gasteiger partial charge in [0.1, 0.15) is 11.6 Å². The van der Waals surface area contributed by atoms with Gasteiger partial charge in [0.05, 0.1) is 12.3 Å². The van der Waals surface area contributed by atoms with E-state index in [1.165, 1.54) is 6.07 Å². The Morgan fingerprint density at radius 2 is 2.12 bits per heavy atom. The quantitative estimate of drug-likeness (QED) is 0.896. The Morgan fingerprint density at radius 1 is 1.44 bits per heavy atom. The molecule has 16 heavy (non-hydrogen) atoms. The molecule has 0 saturated heterocycles. The molecular formula is C11H14BrF2NO. The molecule has 1 atom stereocenters. The molecule has 1 N–H and O–H groups in total. The van der Waals surface area contributed by atoms with Crippen LogP contribution in [-0.2, 0) is 4.74 Å². The van der Waals surface area contributed by atoms with Crippen molar-refractivity contribution >= 4 is 21.6 Å². The molecule has 0 spiro atoms. The van der Waals surface area contributed by atoms with Gasteiger partial charge in [-0.3, -0.25) is 0 Å². The second-order valence-corrected chi connectivity index (χ2v) is 4.30. The van der Waals surface area contributed by atoms with Gasteiger partial charge in [0.2, 0.25) is 0 Å². The van der Waals surface area contributed by atoms with E-state index in [1.807, 2.05) is 13.8 Å². The number of hydrogen-bond donors (Lipinski definition) is 1. The molecule has 0 aromatic heterocycles. The Morgan fingerprint density at radius 3 is 2.69 bits per heavy atom. The Hall–Kier alpha value is -0.680. The molecule has 0 aliphatic carbocycles. The van der Waals surface area contributed by atoms with Crippen LogP contribution in [0.2, 0.25) is 0 Å². The third-order valence-corrected chi connectivity index (χ3v) is 2.60. The zero-order valence-electron chi connectivity index (χ0n) is 9.19. The van der Waals surface area contributed by atoms with Gasteiger partial charge in [0.15, 0.2) is 0 Å². The molecule has 1 aromatic carbocycles. The van der Waals surface area contributed by atoms with E-state index in [-0.39, 0.29) is 11.7 Å². The topological polar surface area (TPSA) is 21.3 Å². The molecular weight excluding hydrogens is 280 g/mol. The van der Waals surface area contributed by atoms with Crippen LogP contribution in [-0.4, -0.2) is 19.3 Å². The van der Waals surface area contributed by atoms with Gasteiger partial charge >= 0.3 is 0 Å². The first-order valence-corrected chi connectivity index (χ1v) is 5.82. The van der Waals surface area contributed by atoms with E-state index in [0.29, 0.717) is 17.7 Å². The smallest absolute Gasteiger partial charge is 0.150 e. The number of rotatable bonds is 5. The van der Waals surface area contributed by atoms with Crippen LogP contribution in [0.15, 0.2) is 16.6 Å². The first kappa shape index (κ1) is 13.4. The Kier molecular flexibility index (Phi) is 5.15. The minimum atomic E-state index is -0.616. The van der Waals surface area contributed by atoms with E-state index in [9.17, 15) is 8.78 Å². The van der Waals surface area contributed by atoms with Gasteiger partial charge in [-0.05, 0) is 35.8 Å². The van der Waals surface area contributed by atoms with Crippen molar-refractivity contribution in [3.05, 3.63) is 28.2 Å². The molecule has 2 nitrogen and oxygen atoms in total. The third kappa shape index (κ3) is 3.72. The highest BCUT2D eigenvalue weighted by molar-refractivity contribution is 9.10. The van der Waals surface area contributed by atoms with Crippen molar-refractivity contribution in [3.63, 3.8) is 0 Å². The molecule has 1 rings (SSSR count). The maximum Gasteiger partial charge on any atom is 0.150 e. The number of anilines is 1. The highest BCUT2D eigenvalue weighted by atomic mass is 79.9. The molecule has 0 aliphatic heterocycles. The first-order valence-electron chi connectivity index (χ1n) is 5.03. The van der Waals surface area contributed by atoms with Gasteiger partial charge in [-0.2, -0.15) is 0 Å².